The minimum atomic E-state index is -1.03. The zero-order valence-corrected chi connectivity index (χ0v) is 69.8. The molecular formula is C90H166O14. The molecule has 0 amide bonds. The summed E-state index contributed by atoms with van der Waals surface area (Å²) in [7, 11) is 2.66. The standard InChI is InChI=1S/C26H48O4.C25H48O2.C20H36O4.C19H34O4/c1-5-6-7-8-9-10-11-12-13-14-15-16-17-24(27)25(28)21-23(20-22(2)3)18-19-26(29)30-4;1-5-7-8-9-10-11-12-13-14-15-16-17-19-24(26)25(27)21-23(18-6-2)20-22(3)4;1-3-4-5-6-7-8-9-10-11-12-13-14-15-18(21)19(22)16-17-20(23)24-2;1-2-3-4-5-6-7-8-9-10-11-12-13-14-17(20)18(21)15-16-19(22)23/h22-23H,5-21H2,1-4H3;22-23H,5-21H2,1-4H3;3-17H2,1-2H3;2-16H2,1H3,(H,22,23). The van der Waals surface area contributed by atoms with Gasteiger partial charge in [0.15, 0.2) is 46.3 Å². The largest absolute Gasteiger partial charge is 0.481 e. The SMILES string of the molecule is CCCCCCCCCCCCCCC(=O)C(=O)CC(CCC(=O)OC)CC(C)C.CCCCCCCCCCCCCCC(=O)C(=O)CC(CCC)CC(C)C.CCCCCCCCCCCCCCC(=O)C(=O)CCC(=O)O.CCCCCCCCCCCCCCC(=O)C(=O)CCC(=O)OC. The maximum Gasteiger partial charge on any atom is 0.305 e. The molecule has 0 aliphatic heterocycles. The molecule has 14 heteroatoms. The van der Waals surface area contributed by atoms with Crippen LogP contribution in [0.5, 0.6) is 0 Å². The third-order valence-corrected chi connectivity index (χ3v) is 19.9. The van der Waals surface area contributed by atoms with Crippen molar-refractivity contribution in [2.75, 3.05) is 14.2 Å². The van der Waals surface area contributed by atoms with Crippen LogP contribution in [-0.4, -0.2) is 83.5 Å². The normalized spacial score (nSPS) is 11.5. The average Bonchev–Trinajstić information content (AvgIpc) is 0.959. The fraction of sp³-hybridized carbons (Fsp3) is 0.878. The summed E-state index contributed by atoms with van der Waals surface area (Å²) in [5.41, 5.74) is 0. The average molecular weight is 1470 g/mol. The Hall–Kier alpha value is -4.23. The Morgan fingerprint density at radius 1 is 0.231 bits per heavy atom. The van der Waals surface area contributed by atoms with Gasteiger partial charge >= 0.3 is 17.9 Å². The first-order valence-corrected chi connectivity index (χ1v) is 43.7. The van der Waals surface area contributed by atoms with Gasteiger partial charge in [-0.1, -0.05) is 358 Å². The molecule has 0 bridgehead atoms. The number of rotatable bonds is 75. The third-order valence-electron chi connectivity index (χ3n) is 19.9. The van der Waals surface area contributed by atoms with Crippen LogP contribution in [0.4, 0.5) is 0 Å². The van der Waals surface area contributed by atoms with Crippen molar-refractivity contribution in [2.24, 2.45) is 23.7 Å². The van der Waals surface area contributed by atoms with Gasteiger partial charge in [-0.3, -0.25) is 52.7 Å². The van der Waals surface area contributed by atoms with Crippen LogP contribution in [0.3, 0.4) is 0 Å². The van der Waals surface area contributed by atoms with Crippen molar-refractivity contribution in [2.45, 2.75) is 473 Å². The number of methoxy groups -OCH3 is 2. The van der Waals surface area contributed by atoms with Crippen LogP contribution >= 0.6 is 0 Å². The Morgan fingerprint density at radius 3 is 0.654 bits per heavy atom. The molecule has 0 aromatic rings. The Labute approximate surface area is 639 Å². The highest BCUT2D eigenvalue weighted by atomic mass is 16.5. The molecule has 0 aromatic carbocycles. The summed E-state index contributed by atoms with van der Waals surface area (Å²) in [6.45, 7) is 19.7. The zero-order chi connectivity index (χ0) is 78.3. The lowest BCUT2D eigenvalue weighted by molar-refractivity contribution is -0.143. The topological polar surface area (TPSA) is 226 Å². The summed E-state index contributed by atoms with van der Waals surface area (Å²) >= 11 is 0. The minimum Gasteiger partial charge on any atom is -0.481 e. The second-order valence-electron chi connectivity index (χ2n) is 31.2. The van der Waals surface area contributed by atoms with Gasteiger partial charge < -0.3 is 14.6 Å². The number of carboxylic acids is 1. The third kappa shape index (κ3) is 81.8. The number of hydrogen-bond donors (Lipinski definition) is 1. The van der Waals surface area contributed by atoms with Gasteiger partial charge in [-0.2, -0.15) is 0 Å². The van der Waals surface area contributed by atoms with E-state index < -0.39 is 29.3 Å². The quantitative estimate of drug-likeness (QED) is 0.0340. The fourth-order valence-corrected chi connectivity index (χ4v) is 13.4. The summed E-state index contributed by atoms with van der Waals surface area (Å²) in [5.74, 6) is -2.64. The maximum atomic E-state index is 12.3. The lowest BCUT2D eigenvalue weighted by Crippen LogP contribution is -2.20. The van der Waals surface area contributed by atoms with Gasteiger partial charge in [-0.15, -0.1) is 0 Å². The number of esters is 2. The van der Waals surface area contributed by atoms with Crippen molar-refractivity contribution in [1.82, 2.24) is 0 Å². The van der Waals surface area contributed by atoms with Gasteiger partial charge in [-0.25, -0.2) is 0 Å². The lowest BCUT2D eigenvalue weighted by atomic mass is 9.87. The first kappa shape index (κ1) is 106. The molecule has 0 radical (unpaired) electrons. The highest BCUT2D eigenvalue weighted by molar-refractivity contribution is 6.38. The number of carbonyl (C=O) groups is 11. The molecule has 0 spiro atoms. The van der Waals surface area contributed by atoms with Crippen molar-refractivity contribution in [3.8, 4) is 0 Å². The Morgan fingerprint density at radius 2 is 0.433 bits per heavy atom. The first-order chi connectivity index (χ1) is 50.1. The predicted molar refractivity (Wildman–Crippen MR) is 432 cm³/mol. The number of Topliss-reactive ketones (excluding diaryl/α,β-unsaturated/α-hetero) is 8. The smallest absolute Gasteiger partial charge is 0.305 e. The van der Waals surface area contributed by atoms with Crippen LogP contribution in [0, 0.1) is 23.7 Å². The van der Waals surface area contributed by atoms with E-state index in [2.05, 4.69) is 67.1 Å². The number of hydrogen-bond acceptors (Lipinski definition) is 13. The van der Waals surface area contributed by atoms with Crippen LogP contribution < -0.4 is 0 Å². The van der Waals surface area contributed by atoms with E-state index in [0.29, 0.717) is 56.3 Å². The van der Waals surface area contributed by atoms with Crippen LogP contribution in [0.15, 0.2) is 0 Å². The van der Waals surface area contributed by atoms with Crippen molar-refractivity contribution >= 4 is 64.2 Å². The molecule has 610 valence electrons. The molecule has 0 aliphatic carbocycles. The highest BCUT2D eigenvalue weighted by Gasteiger charge is 2.23. The first-order valence-electron chi connectivity index (χ1n) is 43.7. The molecule has 14 nitrogen and oxygen atoms in total. The number of unbranched alkanes of at least 4 members (excludes halogenated alkanes) is 44. The van der Waals surface area contributed by atoms with E-state index >= 15 is 0 Å². The molecule has 2 unspecified atom stereocenters. The van der Waals surface area contributed by atoms with Crippen molar-refractivity contribution in [1.29, 1.82) is 0 Å². The molecule has 0 aliphatic rings. The Balaban J connectivity index is -0.000000644. The van der Waals surface area contributed by atoms with E-state index in [0.717, 1.165) is 96.3 Å². The molecular weight excluding hydrogens is 1300 g/mol. The van der Waals surface area contributed by atoms with Crippen LogP contribution in [0.25, 0.3) is 0 Å². The van der Waals surface area contributed by atoms with Gasteiger partial charge in [0.05, 0.1) is 27.1 Å². The Kier molecular flexibility index (Phi) is 84.5. The number of aliphatic carboxylic acids is 1. The number of carbonyl (C=O) groups excluding carboxylic acids is 10. The summed E-state index contributed by atoms with van der Waals surface area (Å²) in [6, 6.07) is 0. The highest BCUT2D eigenvalue weighted by Crippen LogP contribution is 2.25. The minimum absolute atomic E-state index is 0.000478. The lowest BCUT2D eigenvalue weighted by Gasteiger charge is -2.17. The zero-order valence-electron chi connectivity index (χ0n) is 69.8. The van der Waals surface area contributed by atoms with Gasteiger partial charge in [0, 0.05) is 57.8 Å². The maximum absolute atomic E-state index is 12.3. The van der Waals surface area contributed by atoms with E-state index in [4.69, 9.17) is 9.84 Å². The molecule has 0 saturated carbocycles. The van der Waals surface area contributed by atoms with E-state index in [9.17, 15) is 52.7 Å². The predicted octanol–water partition coefficient (Wildman–Crippen LogP) is 25.5. The van der Waals surface area contributed by atoms with E-state index in [-0.39, 0.29) is 79.3 Å². The van der Waals surface area contributed by atoms with E-state index in [1.54, 1.807) is 0 Å². The molecule has 0 fully saturated rings. The van der Waals surface area contributed by atoms with Gasteiger partial charge in [-0.05, 0) is 68.6 Å². The number of ketones is 8. The van der Waals surface area contributed by atoms with Crippen LogP contribution in [0.2, 0.25) is 0 Å². The van der Waals surface area contributed by atoms with Crippen molar-refractivity contribution in [3.63, 3.8) is 0 Å². The van der Waals surface area contributed by atoms with Gasteiger partial charge in [0.1, 0.15) is 0 Å². The monoisotopic (exact) mass is 1470 g/mol. The molecule has 104 heavy (non-hydrogen) atoms. The van der Waals surface area contributed by atoms with Crippen molar-refractivity contribution in [3.05, 3.63) is 0 Å². The molecule has 0 rings (SSSR count). The molecule has 0 saturated heterocycles. The summed E-state index contributed by atoms with van der Waals surface area (Å²) < 4.78 is 9.15. The fourth-order valence-electron chi connectivity index (χ4n) is 13.4. The van der Waals surface area contributed by atoms with E-state index in [1.165, 1.54) is 252 Å². The Bertz CT molecular complexity index is 2080. The number of carboxylic acid groups (broad SMARTS) is 1. The van der Waals surface area contributed by atoms with Crippen LogP contribution in [0.1, 0.15) is 473 Å². The molecule has 0 heterocycles. The van der Waals surface area contributed by atoms with E-state index in [1.807, 2.05) is 0 Å². The molecule has 0 aromatic heterocycles. The second-order valence-corrected chi connectivity index (χ2v) is 31.2. The van der Waals surface area contributed by atoms with Gasteiger partial charge in [0.2, 0.25) is 0 Å². The summed E-state index contributed by atoms with van der Waals surface area (Å²) in [6.07, 6.45) is 66.8. The molecule has 1 N–H and O–H groups in total. The second kappa shape index (κ2) is 82.8. The summed E-state index contributed by atoms with van der Waals surface area (Å²) in [5, 5.41) is 8.47. The summed E-state index contributed by atoms with van der Waals surface area (Å²) in [4.78, 5) is 127. The van der Waals surface area contributed by atoms with Crippen molar-refractivity contribution < 1.29 is 67.3 Å². The molecule has 2 atom stereocenters. The number of ether oxygens (including phenoxy) is 2. The van der Waals surface area contributed by atoms with Gasteiger partial charge in [0.25, 0.3) is 0 Å². The van der Waals surface area contributed by atoms with Crippen LogP contribution in [-0.2, 0) is 62.2 Å².